The number of nitrogens with zero attached hydrogens (tertiary/aromatic N) is 9. The van der Waals surface area contributed by atoms with Crippen molar-refractivity contribution in [3.63, 3.8) is 0 Å². The van der Waals surface area contributed by atoms with Crippen LogP contribution < -0.4 is 13.9 Å². The summed E-state index contributed by atoms with van der Waals surface area (Å²) in [5.74, 6) is -1.67. The molecule has 0 amide bonds. The number of ether oxygens (including phenoxy) is 1. The van der Waals surface area contributed by atoms with E-state index in [0.29, 0.717) is 91.9 Å². The van der Waals surface area contributed by atoms with Crippen LogP contribution in [0.1, 0.15) is 72.8 Å². The molecule has 3 fully saturated rings. The van der Waals surface area contributed by atoms with Crippen LogP contribution in [0.5, 0.6) is 0 Å². The minimum atomic E-state index is -3.69. The van der Waals surface area contributed by atoms with Gasteiger partial charge in [-0.05, 0) is 125 Å². The molecular formula is C45H50F4N10O7S2. The third-order valence-electron chi connectivity index (χ3n) is 11.9. The molecule has 7 heterocycles. The molecule has 0 radical (unpaired) electrons. The zero-order chi connectivity index (χ0) is 48.0. The lowest BCUT2D eigenvalue weighted by atomic mass is 10.1. The number of anilines is 2. The van der Waals surface area contributed by atoms with Crippen molar-refractivity contribution in [2.75, 3.05) is 48.0 Å². The number of piperidine rings is 2. The minimum absolute atomic E-state index is 0.0366. The lowest BCUT2D eigenvalue weighted by Gasteiger charge is -2.42. The Morgan fingerprint density at radius 1 is 0.647 bits per heavy atom. The molecule has 23 heteroatoms. The van der Waals surface area contributed by atoms with Crippen molar-refractivity contribution in [3.8, 4) is 22.9 Å². The molecule has 4 aromatic heterocycles. The number of likely N-dealkylation sites (tertiary alicyclic amines) is 1. The van der Waals surface area contributed by atoms with Gasteiger partial charge in [-0.25, -0.2) is 16.8 Å². The number of rotatable bonds is 15. The summed E-state index contributed by atoms with van der Waals surface area (Å²) in [6.45, 7) is 8.07. The number of hydrogen-bond acceptors (Lipinski definition) is 15. The number of hydrogen-bond donors (Lipinski definition) is 1. The van der Waals surface area contributed by atoms with Crippen molar-refractivity contribution in [3.05, 3.63) is 119 Å². The highest BCUT2D eigenvalue weighted by atomic mass is 32.2. The number of aromatic nitrogens is 6. The summed E-state index contributed by atoms with van der Waals surface area (Å²) in [5, 5.41) is 16.1. The molecule has 1 N–H and O–H groups in total. The maximum Gasteiger partial charge on any atom is 0.314 e. The molecule has 0 aliphatic carbocycles. The van der Waals surface area contributed by atoms with E-state index in [1.807, 2.05) is 50.2 Å². The number of alkyl halides is 4. The average Bonchev–Trinajstić information content (AvgIpc) is 4.03. The zero-order valence-corrected chi connectivity index (χ0v) is 38.8. The summed E-state index contributed by atoms with van der Waals surface area (Å²) < 4.78 is 124. The van der Waals surface area contributed by atoms with Gasteiger partial charge in [-0.15, -0.1) is 20.4 Å². The van der Waals surface area contributed by atoms with E-state index in [0.717, 1.165) is 24.2 Å². The van der Waals surface area contributed by atoms with Gasteiger partial charge in [-0.1, -0.05) is 24.3 Å². The van der Waals surface area contributed by atoms with Gasteiger partial charge in [0.2, 0.25) is 31.8 Å². The van der Waals surface area contributed by atoms with Crippen molar-refractivity contribution in [1.82, 2.24) is 40.6 Å². The SMILES string of the molecule is Cc1cccc(N(Cc2ccc(-c3nnc(C(F)F)o3)cn2)S(=O)(=O)C2CCN(C3COC3)CC2)c1.Cc1cccc(N(Cc2ccc(-c3nnc(C(F)F)o3)cn2)S(=O)(=O)C2CCNCC2)c1. The van der Waals surface area contributed by atoms with Gasteiger partial charge in [0.25, 0.3) is 11.8 Å². The molecule has 0 atom stereocenters. The van der Waals surface area contributed by atoms with E-state index in [1.54, 1.807) is 36.4 Å². The van der Waals surface area contributed by atoms with Crippen LogP contribution in [0.15, 0.2) is 94.0 Å². The summed E-state index contributed by atoms with van der Waals surface area (Å²) in [6, 6.07) is 21.6. The van der Waals surface area contributed by atoms with Gasteiger partial charge in [0.05, 0.1) is 76.7 Å². The maximum absolute atomic E-state index is 13.9. The molecule has 3 aliphatic rings. The fraction of sp³-hybridized carbons (Fsp3) is 0.422. The van der Waals surface area contributed by atoms with Gasteiger partial charge in [0.1, 0.15) is 0 Å². The summed E-state index contributed by atoms with van der Waals surface area (Å²) >= 11 is 0. The molecule has 3 aliphatic heterocycles. The van der Waals surface area contributed by atoms with E-state index in [4.69, 9.17) is 13.6 Å². The number of pyridine rings is 2. The Balaban J connectivity index is 0.000000185. The van der Waals surface area contributed by atoms with Crippen LogP contribution in [0.2, 0.25) is 0 Å². The number of benzene rings is 2. The van der Waals surface area contributed by atoms with Crippen molar-refractivity contribution in [2.45, 2.75) is 82.0 Å². The normalized spacial score (nSPS) is 16.6. The van der Waals surface area contributed by atoms with Crippen LogP contribution in [0.25, 0.3) is 22.9 Å². The molecule has 362 valence electrons. The largest absolute Gasteiger partial charge is 0.415 e. The van der Waals surface area contributed by atoms with Crippen LogP contribution in [0, 0.1) is 13.8 Å². The van der Waals surface area contributed by atoms with E-state index in [9.17, 15) is 34.4 Å². The van der Waals surface area contributed by atoms with Gasteiger partial charge in [-0.2, -0.15) is 17.6 Å². The fourth-order valence-corrected chi connectivity index (χ4v) is 11.9. The second-order valence-electron chi connectivity index (χ2n) is 16.7. The highest BCUT2D eigenvalue weighted by Crippen LogP contribution is 2.32. The van der Waals surface area contributed by atoms with Crippen LogP contribution in [-0.2, 0) is 37.9 Å². The molecule has 6 aromatic rings. The Morgan fingerprint density at radius 3 is 1.47 bits per heavy atom. The Labute approximate surface area is 391 Å². The van der Waals surface area contributed by atoms with E-state index in [2.05, 4.69) is 40.6 Å². The number of aryl methyl sites for hydroxylation is 2. The summed E-state index contributed by atoms with van der Waals surface area (Å²) in [6.07, 6.45) is -0.704. The molecule has 9 rings (SSSR count). The highest BCUT2D eigenvalue weighted by molar-refractivity contribution is 7.93. The first kappa shape index (κ1) is 48.6. The first-order valence-electron chi connectivity index (χ1n) is 22.0. The van der Waals surface area contributed by atoms with Gasteiger partial charge in [-0.3, -0.25) is 23.5 Å². The third kappa shape index (κ3) is 11.3. The number of sulfonamides is 2. The number of nitrogens with one attached hydrogen (secondary N) is 1. The van der Waals surface area contributed by atoms with E-state index in [-0.39, 0.29) is 24.9 Å². The Bertz CT molecular complexity index is 2840. The second-order valence-corrected chi connectivity index (χ2v) is 21.0. The molecule has 0 spiro atoms. The van der Waals surface area contributed by atoms with E-state index in [1.165, 1.54) is 21.0 Å². The van der Waals surface area contributed by atoms with Gasteiger partial charge in [0.15, 0.2) is 0 Å². The maximum atomic E-state index is 13.9. The number of halogens is 4. The molecule has 68 heavy (non-hydrogen) atoms. The monoisotopic (exact) mass is 982 g/mol. The van der Waals surface area contributed by atoms with Crippen molar-refractivity contribution in [1.29, 1.82) is 0 Å². The quantitative estimate of drug-likeness (QED) is 0.103. The molecule has 3 saturated heterocycles. The van der Waals surface area contributed by atoms with Crippen LogP contribution in [-0.4, -0.2) is 108 Å². The molecule has 2 aromatic carbocycles. The van der Waals surface area contributed by atoms with Gasteiger partial charge in [0, 0.05) is 12.4 Å². The lowest BCUT2D eigenvalue weighted by Crippen LogP contribution is -2.54. The Hall–Kier alpha value is -5.88. The first-order chi connectivity index (χ1) is 32.6. The zero-order valence-electron chi connectivity index (χ0n) is 37.2. The van der Waals surface area contributed by atoms with Crippen LogP contribution >= 0.6 is 0 Å². The van der Waals surface area contributed by atoms with Crippen molar-refractivity contribution in [2.24, 2.45) is 0 Å². The van der Waals surface area contributed by atoms with E-state index >= 15 is 0 Å². The molecule has 0 bridgehead atoms. The van der Waals surface area contributed by atoms with Crippen LogP contribution in [0.4, 0.5) is 28.9 Å². The summed E-state index contributed by atoms with van der Waals surface area (Å²) in [7, 11) is -7.32. The van der Waals surface area contributed by atoms with Gasteiger partial charge >= 0.3 is 12.9 Å². The second kappa shape index (κ2) is 21.2. The predicted molar refractivity (Wildman–Crippen MR) is 243 cm³/mol. The molecule has 0 unspecified atom stereocenters. The summed E-state index contributed by atoms with van der Waals surface area (Å²) in [4.78, 5) is 11.0. The van der Waals surface area contributed by atoms with E-state index < -0.39 is 55.2 Å². The Morgan fingerprint density at radius 2 is 1.10 bits per heavy atom. The van der Waals surface area contributed by atoms with Crippen molar-refractivity contribution < 1.29 is 48.0 Å². The lowest BCUT2D eigenvalue weighted by molar-refractivity contribution is -0.0695. The average molecular weight is 983 g/mol. The van der Waals surface area contributed by atoms with Crippen LogP contribution in [0.3, 0.4) is 0 Å². The first-order valence-corrected chi connectivity index (χ1v) is 25.0. The molecule has 0 saturated carbocycles. The standard InChI is InChI=1S/C24H27F2N5O4S.C21H23F2N5O3S/c1-16-3-2-4-19(11-16)31(36(32,33)21-7-9-30(10-8-21)20-14-34-15-20)13-18-6-5-17(12-27-18)23-28-29-24(35-23)22(25)26;1-14-3-2-4-17(11-14)28(32(29,30)18-7-9-24-10-8-18)13-16-6-5-15(12-25-16)20-26-27-21(31-20)19(22)23/h2-6,11-12,20-22H,7-10,13-15H2,1H3;2-6,11-12,18-19,24H,7-10,13H2,1H3. The predicted octanol–water partition coefficient (Wildman–Crippen LogP) is 7.04. The fourth-order valence-electron chi connectivity index (χ4n) is 8.11. The summed E-state index contributed by atoms with van der Waals surface area (Å²) in [5.41, 5.74) is 4.79. The smallest absolute Gasteiger partial charge is 0.314 e. The molecular weight excluding hydrogens is 933 g/mol. The minimum Gasteiger partial charge on any atom is -0.415 e. The van der Waals surface area contributed by atoms with Crippen molar-refractivity contribution >= 4 is 31.4 Å². The van der Waals surface area contributed by atoms with Gasteiger partial charge < -0.3 is 18.9 Å². The molecule has 17 nitrogen and oxygen atoms in total. The Kier molecular flexibility index (Phi) is 15.1. The third-order valence-corrected chi connectivity index (χ3v) is 16.5. The highest BCUT2D eigenvalue weighted by Gasteiger charge is 2.38. The topological polar surface area (TPSA) is 203 Å².